The Morgan fingerprint density at radius 3 is 2.61 bits per heavy atom. The molecule has 0 fully saturated rings. The van der Waals surface area contributed by atoms with Crippen molar-refractivity contribution in [1.82, 2.24) is 5.32 Å². The molecule has 4 nitrogen and oxygen atoms in total. The molecule has 0 aliphatic heterocycles. The highest BCUT2D eigenvalue weighted by molar-refractivity contribution is 6.21. The van der Waals surface area contributed by atoms with Crippen molar-refractivity contribution in [3.05, 3.63) is 59.9 Å². The van der Waals surface area contributed by atoms with Crippen molar-refractivity contribution in [2.75, 3.05) is 13.2 Å². The summed E-state index contributed by atoms with van der Waals surface area (Å²) in [5.41, 5.74) is 2.10. The number of carbonyl (C=O) groups is 1. The van der Waals surface area contributed by atoms with E-state index in [0.717, 1.165) is 31.4 Å². The van der Waals surface area contributed by atoms with Crippen LogP contribution in [0.15, 0.2) is 59.9 Å². The van der Waals surface area contributed by atoms with Gasteiger partial charge in [-0.25, -0.2) is 0 Å². The van der Waals surface area contributed by atoms with Gasteiger partial charge in [0.05, 0.1) is 0 Å². The maximum absolute atomic E-state index is 12.5. The molecule has 31 heavy (non-hydrogen) atoms. The molecule has 0 saturated heterocycles. The Balaban J connectivity index is 2.88. The summed E-state index contributed by atoms with van der Waals surface area (Å²) in [6, 6.07) is 0. The summed E-state index contributed by atoms with van der Waals surface area (Å²) in [4.78, 5) is 12.5. The molecule has 1 aliphatic carbocycles. The molecular weight excluding hydrogens is 410 g/mol. The summed E-state index contributed by atoms with van der Waals surface area (Å²) in [6.45, 7) is 8.71. The summed E-state index contributed by atoms with van der Waals surface area (Å²) >= 11 is 6.13. The van der Waals surface area contributed by atoms with Crippen LogP contribution in [-0.2, 0) is 14.3 Å². The zero-order chi connectivity index (χ0) is 22.9. The molecule has 0 heterocycles. The maximum Gasteiger partial charge on any atom is 0.281 e. The van der Waals surface area contributed by atoms with Gasteiger partial charge in [0, 0.05) is 24.3 Å². The first-order valence-corrected chi connectivity index (χ1v) is 12.0. The van der Waals surface area contributed by atoms with Crippen LogP contribution < -0.4 is 5.32 Å². The lowest BCUT2D eigenvalue weighted by Gasteiger charge is -2.18. The number of ether oxygens (including phenoxy) is 2. The topological polar surface area (TPSA) is 47.6 Å². The summed E-state index contributed by atoms with van der Waals surface area (Å²) in [5.74, 6) is 0.166. The van der Waals surface area contributed by atoms with Crippen LogP contribution in [-0.4, -0.2) is 30.8 Å². The second-order valence-electron chi connectivity index (χ2n) is 7.68. The number of rotatable bonds is 13. The van der Waals surface area contributed by atoms with E-state index in [9.17, 15) is 4.79 Å². The second-order valence-corrected chi connectivity index (χ2v) is 8.37. The van der Waals surface area contributed by atoms with Gasteiger partial charge in [0.2, 0.25) is 6.29 Å². The normalized spacial score (nSPS) is 21.3. The van der Waals surface area contributed by atoms with Crippen LogP contribution in [0.3, 0.4) is 0 Å². The summed E-state index contributed by atoms with van der Waals surface area (Å²) in [7, 11) is 0. The Labute approximate surface area is 194 Å². The van der Waals surface area contributed by atoms with Crippen LogP contribution in [0.4, 0.5) is 0 Å². The molecule has 174 valence electrons. The molecule has 0 aromatic heterocycles. The summed E-state index contributed by atoms with van der Waals surface area (Å²) in [6.07, 6.45) is 22.2. The van der Waals surface area contributed by atoms with Crippen LogP contribution in [0.5, 0.6) is 0 Å². The number of nitrogens with one attached hydrogen (secondary N) is 1. The molecule has 0 spiro atoms. The van der Waals surface area contributed by atoms with E-state index >= 15 is 0 Å². The van der Waals surface area contributed by atoms with E-state index in [-0.39, 0.29) is 11.3 Å². The Kier molecular flexibility index (Phi) is 15.0. The van der Waals surface area contributed by atoms with Gasteiger partial charge in [0.1, 0.15) is 0 Å². The summed E-state index contributed by atoms with van der Waals surface area (Å²) < 4.78 is 10.8. The van der Waals surface area contributed by atoms with E-state index < -0.39 is 6.29 Å². The van der Waals surface area contributed by atoms with Crippen LogP contribution in [0, 0.1) is 5.92 Å². The van der Waals surface area contributed by atoms with Gasteiger partial charge < -0.3 is 14.8 Å². The van der Waals surface area contributed by atoms with E-state index in [0.29, 0.717) is 19.1 Å². The number of allylic oxidation sites excluding steroid dienone is 9. The zero-order valence-electron chi connectivity index (χ0n) is 19.6. The summed E-state index contributed by atoms with van der Waals surface area (Å²) in [5, 5.41) is 2.96. The lowest BCUT2D eigenvalue weighted by Crippen LogP contribution is -2.37. The highest BCUT2D eigenvalue weighted by Crippen LogP contribution is 2.24. The number of alkyl halides is 1. The lowest BCUT2D eigenvalue weighted by atomic mass is 9.91. The third-order valence-electron chi connectivity index (χ3n) is 4.85. The quantitative estimate of drug-likeness (QED) is 0.149. The van der Waals surface area contributed by atoms with Crippen molar-refractivity contribution in [3.63, 3.8) is 0 Å². The number of carbonyl (C=O) groups excluding carboxylic acids is 1. The predicted octanol–water partition coefficient (Wildman–Crippen LogP) is 6.60. The van der Waals surface area contributed by atoms with Crippen molar-refractivity contribution < 1.29 is 14.3 Å². The number of halogens is 1. The highest BCUT2D eigenvalue weighted by atomic mass is 35.5. The van der Waals surface area contributed by atoms with Crippen LogP contribution in [0.25, 0.3) is 0 Å². The third kappa shape index (κ3) is 12.7. The zero-order valence-corrected chi connectivity index (χ0v) is 20.4. The van der Waals surface area contributed by atoms with Crippen molar-refractivity contribution in [1.29, 1.82) is 0 Å². The van der Waals surface area contributed by atoms with E-state index in [2.05, 4.69) is 42.6 Å². The van der Waals surface area contributed by atoms with Gasteiger partial charge in [-0.2, -0.15) is 0 Å². The van der Waals surface area contributed by atoms with Crippen LogP contribution in [0.1, 0.15) is 66.2 Å². The Bertz CT molecular complexity index is 656. The molecule has 1 aliphatic rings. The van der Waals surface area contributed by atoms with Gasteiger partial charge in [0.15, 0.2) is 0 Å². The number of unbranched alkanes of at least 4 members (excludes halogenated alkanes) is 2. The average Bonchev–Trinajstić information content (AvgIpc) is 2.84. The van der Waals surface area contributed by atoms with Gasteiger partial charge in [-0.15, -0.1) is 11.6 Å². The fraction of sp³-hybridized carbons (Fsp3) is 0.577. The molecule has 5 heteroatoms. The maximum atomic E-state index is 12.5. The Morgan fingerprint density at radius 2 is 1.97 bits per heavy atom. The van der Waals surface area contributed by atoms with Crippen molar-refractivity contribution in [3.8, 4) is 0 Å². The first-order valence-electron chi connectivity index (χ1n) is 11.6. The molecule has 0 bridgehead atoms. The molecular formula is C26H40ClNO3. The van der Waals surface area contributed by atoms with Gasteiger partial charge in [-0.1, -0.05) is 67.9 Å². The van der Waals surface area contributed by atoms with Gasteiger partial charge in [0.25, 0.3) is 5.91 Å². The van der Waals surface area contributed by atoms with Gasteiger partial charge >= 0.3 is 0 Å². The third-order valence-corrected chi connectivity index (χ3v) is 4.99. The fourth-order valence-electron chi connectivity index (χ4n) is 3.23. The second kappa shape index (κ2) is 17.0. The van der Waals surface area contributed by atoms with Gasteiger partial charge in [-0.05, 0) is 58.4 Å². The van der Waals surface area contributed by atoms with Crippen LogP contribution >= 0.6 is 11.6 Å². The predicted molar refractivity (Wildman–Crippen MR) is 131 cm³/mol. The van der Waals surface area contributed by atoms with Crippen LogP contribution in [0.2, 0.25) is 0 Å². The molecule has 0 radical (unpaired) electrons. The minimum absolute atomic E-state index is 0.0181. The standard InChI is InChI=1S/C26H40ClNO3/c1-5-8-10-13-22(17-16-21(4)27)20-23-14-11-9-12-15-24(19-18-23)28-25(29)26(30-6-2)31-7-3/h9,11-13,15-17,19,21,23,26H,5-8,10,14,18,20H2,1-4H3,(H,28,29)/b11-9?,15-12-,17-16?,22-13?,24-19+. The molecule has 2 unspecified atom stereocenters. The SMILES string of the molecule is CCCCC=C(C=CC(C)Cl)CC1CC=C/C=C\C(NC(=O)C(OCC)OCC)=C/C1. The number of hydrogen-bond acceptors (Lipinski definition) is 3. The molecule has 0 aromatic carbocycles. The Morgan fingerprint density at radius 1 is 1.23 bits per heavy atom. The van der Waals surface area contributed by atoms with E-state index in [1.54, 1.807) is 0 Å². The van der Waals surface area contributed by atoms with E-state index in [1.807, 2.05) is 39.0 Å². The number of hydrogen-bond donors (Lipinski definition) is 1. The van der Waals surface area contributed by atoms with Crippen molar-refractivity contribution in [2.45, 2.75) is 77.9 Å². The fourth-order valence-corrected chi connectivity index (χ4v) is 3.30. The smallest absolute Gasteiger partial charge is 0.281 e. The first-order chi connectivity index (χ1) is 15.0. The van der Waals surface area contributed by atoms with Crippen molar-refractivity contribution >= 4 is 17.5 Å². The first kappa shape index (κ1) is 27.4. The van der Waals surface area contributed by atoms with E-state index in [4.69, 9.17) is 21.1 Å². The van der Waals surface area contributed by atoms with Crippen molar-refractivity contribution in [2.24, 2.45) is 5.92 Å². The van der Waals surface area contributed by atoms with Gasteiger partial charge in [-0.3, -0.25) is 4.79 Å². The molecule has 1 N–H and O–H groups in total. The number of amides is 1. The van der Waals surface area contributed by atoms with E-state index in [1.165, 1.54) is 18.4 Å². The molecule has 0 aromatic rings. The largest absolute Gasteiger partial charge is 0.345 e. The molecule has 2 atom stereocenters. The minimum atomic E-state index is -0.890. The monoisotopic (exact) mass is 449 g/mol. The minimum Gasteiger partial charge on any atom is -0.345 e. The lowest BCUT2D eigenvalue weighted by molar-refractivity contribution is -0.169. The average molecular weight is 450 g/mol. The molecule has 1 amide bonds. The molecule has 0 saturated carbocycles. The highest BCUT2D eigenvalue weighted by Gasteiger charge is 2.19. The Hall–Kier alpha value is -1.62. The molecule has 1 rings (SSSR count).